The van der Waals surface area contributed by atoms with Crippen LogP contribution in [0.2, 0.25) is 0 Å². The number of rotatable bonds is 9. The molecule has 1 N–H and O–H groups in total. The van der Waals surface area contributed by atoms with Crippen molar-refractivity contribution in [2.45, 2.75) is 59.7 Å². The van der Waals surface area contributed by atoms with E-state index in [1.54, 1.807) is 12.1 Å². The first-order valence-corrected chi connectivity index (χ1v) is 12.0. The molecule has 0 spiro atoms. The average Bonchev–Trinajstić information content (AvgIpc) is 2.62. The summed E-state index contributed by atoms with van der Waals surface area (Å²) >= 11 is 0. The molecule has 0 radical (unpaired) electrons. The lowest BCUT2D eigenvalue weighted by Crippen LogP contribution is -2.49. The maximum Gasteiger partial charge on any atom is 0.244 e. The Morgan fingerprint density at radius 2 is 1.63 bits per heavy atom. The van der Waals surface area contributed by atoms with Gasteiger partial charge in [0.1, 0.15) is 11.8 Å². The lowest BCUT2D eigenvalue weighted by molar-refractivity contribution is -0.122. The van der Waals surface area contributed by atoms with Crippen LogP contribution in [-0.4, -0.2) is 32.7 Å². The summed E-state index contributed by atoms with van der Waals surface area (Å²) in [6.45, 7) is 9.85. The largest absolute Gasteiger partial charge is 0.491 e. The summed E-state index contributed by atoms with van der Waals surface area (Å²) in [7, 11) is -3.65. The zero-order valence-corrected chi connectivity index (χ0v) is 19.4. The van der Waals surface area contributed by atoms with E-state index < -0.39 is 16.1 Å². The van der Waals surface area contributed by atoms with E-state index in [-0.39, 0.29) is 12.0 Å². The predicted octanol–water partition coefficient (Wildman–Crippen LogP) is 3.95. The summed E-state index contributed by atoms with van der Waals surface area (Å²) < 4.78 is 32.0. The van der Waals surface area contributed by atoms with Crippen molar-refractivity contribution in [3.8, 4) is 5.75 Å². The van der Waals surface area contributed by atoms with E-state index in [0.29, 0.717) is 18.7 Å². The number of benzene rings is 2. The molecular weight excluding hydrogens is 400 g/mol. The molecule has 2 rings (SSSR count). The molecule has 0 fully saturated rings. The molecule has 0 saturated carbocycles. The van der Waals surface area contributed by atoms with Crippen molar-refractivity contribution >= 4 is 21.6 Å². The number of nitrogens with one attached hydrogen (secondary N) is 1. The third kappa shape index (κ3) is 6.49. The van der Waals surface area contributed by atoms with Gasteiger partial charge in [-0.05, 0) is 75.1 Å². The van der Waals surface area contributed by atoms with Gasteiger partial charge in [0.25, 0.3) is 0 Å². The van der Waals surface area contributed by atoms with Crippen LogP contribution in [0.5, 0.6) is 5.75 Å². The first kappa shape index (κ1) is 23.7. The normalized spacial score (nSPS) is 12.5. The number of carbonyl (C=O) groups is 1. The molecule has 0 aromatic heterocycles. The van der Waals surface area contributed by atoms with Gasteiger partial charge < -0.3 is 10.1 Å². The number of amides is 1. The van der Waals surface area contributed by atoms with Crippen molar-refractivity contribution in [2.75, 3.05) is 10.6 Å². The van der Waals surface area contributed by atoms with E-state index in [1.165, 1.54) is 4.31 Å². The molecule has 2 aromatic carbocycles. The lowest BCUT2D eigenvalue weighted by Gasteiger charge is -2.30. The van der Waals surface area contributed by atoms with Gasteiger partial charge in [0, 0.05) is 6.54 Å². The third-order valence-electron chi connectivity index (χ3n) is 4.55. The molecule has 0 bridgehead atoms. The molecule has 0 aliphatic carbocycles. The van der Waals surface area contributed by atoms with Gasteiger partial charge >= 0.3 is 0 Å². The molecule has 0 aliphatic heterocycles. The quantitative estimate of drug-likeness (QED) is 0.651. The van der Waals surface area contributed by atoms with Crippen molar-refractivity contribution in [1.82, 2.24) is 5.32 Å². The molecule has 2 aromatic rings. The highest BCUT2D eigenvalue weighted by atomic mass is 32.2. The van der Waals surface area contributed by atoms with Gasteiger partial charge in [-0.1, -0.05) is 25.1 Å². The molecule has 1 amide bonds. The highest BCUT2D eigenvalue weighted by molar-refractivity contribution is 7.92. The second-order valence-corrected chi connectivity index (χ2v) is 9.72. The van der Waals surface area contributed by atoms with Gasteiger partial charge in [0.05, 0.1) is 18.0 Å². The van der Waals surface area contributed by atoms with Crippen LogP contribution in [-0.2, 0) is 21.4 Å². The van der Waals surface area contributed by atoms with E-state index in [9.17, 15) is 13.2 Å². The van der Waals surface area contributed by atoms with Gasteiger partial charge in [-0.25, -0.2) is 8.42 Å². The highest BCUT2D eigenvalue weighted by Crippen LogP contribution is 2.25. The van der Waals surface area contributed by atoms with Crippen molar-refractivity contribution in [2.24, 2.45) is 0 Å². The second kappa shape index (κ2) is 9.98. The fraction of sp³-hybridized carbons (Fsp3) is 0.435. The van der Waals surface area contributed by atoms with Gasteiger partial charge in [-0.2, -0.15) is 0 Å². The first-order valence-electron chi connectivity index (χ1n) is 10.1. The summed E-state index contributed by atoms with van der Waals surface area (Å²) in [5.41, 5.74) is 3.30. The van der Waals surface area contributed by atoms with E-state index in [4.69, 9.17) is 4.74 Å². The topological polar surface area (TPSA) is 75.7 Å². The molecule has 1 atom stereocenters. The maximum absolute atomic E-state index is 12.9. The summed E-state index contributed by atoms with van der Waals surface area (Å²) in [5, 5.41) is 2.88. The number of hydrogen-bond acceptors (Lipinski definition) is 4. The Hall–Kier alpha value is -2.54. The Labute approximate surface area is 180 Å². The monoisotopic (exact) mass is 432 g/mol. The number of carbonyl (C=O) groups excluding carboxylic acids is 1. The SMILES string of the molecule is CC[C@@H](C(=O)NCc1ccc(OC(C)C)cc1)N(c1cc(C)cc(C)c1)S(C)(=O)=O. The van der Waals surface area contributed by atoms with Crippen molar-refractivity contribution < 1.29 is 17.9 Å². The van der Waals surface area contributed by atoms with E-state index in [0.717, 1.165) is 28.7 Å². The molecule has 0 heterocycles. The Bertz CT molecular complexity index is 949. The van der Waals surface area contributed by atoms with Crippen LogP contribution in [0.15, 0.2) is 42.5 Å². The van der Waals surface area contributed by atoms with Crippen molar-refractivity contribution in [1.29, 1.82) is 0 Å². The zero-order valence-electron chi connectivity index (χ0n) is 18.6. The molecule has 0 unspecified atom stereocenters. The van der Waals surface area contributed by atoms with Gasteiger partial charge in [-0.3, -0.25) is 9.10 Å². The van der Waals surface area contributed by atoms with Crippen LogP contribution in [0.25, 0.3) is 0 Å². The number of anilines is 1. The molecule has 7 heteroatoms. The number of nitrogens with zero attached hydrogens (tertiary/aromatic N) is 1. The summed E-state index contributed by atoms with van der Waals surface area (Å²) in [6, 6.07) is 12.2. The van der Waals surface area contributed by atoms with Crippen molar-refractivity contribution in [3.63, 3.8) is 0 Å². The molecule has 164 valence electrons. The Balaban J connectivity index is 2.19. The lowest BCUT2D eigenvalue weighted by atomic mass is 10.1. The summed E-state index contributed by atoms with van der Waals surface area (Å²) in [5.74, 6) is 0.439. The smallest absolute Gasteiger partial charge is 0.244 e. The Kier molecular flexibility index (Phi) is 7.89. The number of aryl methyl sites for hydroxylation is 2. The van der Waals surface area contributed by atoms with Gasteiger partial charge in [0.2, 0.25) is 15.9 Å². The van der Waals surface area contributed by atoms with E-state index >= 15 is 0 Å². The average molecular weight is 433 g/mol. The fourth-order valence-corrected chi connectivity index (χ4v) is 4.60. The minimum Gasteiger partial charge on any atom is -0.491 e. The second-order valence-electron chi connectivity index (χ2n) is 7.86. The van der Waals surface area contributed by atoms with Crippen LogP contribution < -0.4 is 14.4 Å². The van der Waals surface area contributed by atoms with Crippen LogP contribution in [0, 0.1) is 13.8 Å². The maximum atomic E-state index is 12.9. The molecule has 30 heavy (non-hydrogen) atoms. The Morgan fingerprint density at radius 1 is 1.07 bits per heavy atom. The Morgan fingerprint density at radius 3 is 2.10 bits per heavy atom. The number of sulfonamides is 1. The van der Waals surface area contributed by atoms with Crippen molar-refractivity contribution in [3.05, 3.63) is 59.2 Å². The molecular formula is C23H32N2O4S. The number of ether oxygens (including phenoxy) is 1. The summed E-state index contributed by atoms with van der Waals surface area (Å²) in [6.07, 6.45) is 1.58. The van der Waals surface area contributed by atoms with Crippen LogP contribution in [0.4, 0.5) is 5.69 Å². The van der Waals surface area contributed by atoms with Gasteiger partial charge in [0.15, 0.2) is 0 Å². The highest BCUT2D eigenvalue weighted by Gasteiger charge is 2.31. The van der Waals surface area contributed by atoms with Gasteiger partial charge in [-0.15, -0.1) is 0 Å². The zero-order chi connectivity index (χ0) is 22.5. The van der Waals surface area contributed by atoms with E-state index in [1.807, 2.05) is 65.0 Å². The standard InChI is InChI=1S/C23H32N2O4S/c1-7-22(25(30(6,27)28)20-13-17(4)12-18(5)14-20)23(26)24-15-19-8-10-21(11-9-19)29-16(2)3/h8-14,16,22H,7,15H2,1-6H3,(H,24,26)/t22-/m0/s1. The van der Waals surface area contributed by atoms with Crippen LogP contribution in [0.1, 0.15) is 43.9 Å². The minimum atomic E-state index is -3.65. The van der Waals surface area contributed by atoms with E-state index in [2.05, 4.69) is 5.32 Å². The molecule has 6 nitrogen and oxygen atoms in total. The van der Waals surface area contributed by atoms with Crippen LogP contribution in [0.3, 0.4) is 0 Å². The predicted molar refractivity (Wildman–Crippen MR) is 121 cm³/mol. The molecule has 0 saturated heterocycles. The molecule has 0 aliphatic rings. The minimum absolute atomic E-state index is 0.0908. The van der Waals surface area contributed by atoms with Crippen LogP contribution >= 0.6 is 0 Å². The fourth-order valence-electron chi connectivity index (χ4n) is 3.40. The third-order valence-corrected chi connectivity index (χ3v) is 5.73. The summed E-state index contributed by atoms with van der Waals surface area (Å²) in [4.78, 5) is 12.9. The first-order chi connectivity index (χ1) is 14.0. The number of hydrogen-bond donors (Lipinski definition) is 1.